The average molecular weight is 668 g/mol. The SMILES string of the molecule is O=C(NCC1CC1)c1cc(Cl)ccc1N(Br)C(=O)C1CC(OS(=O)(=O)c2cccnc2)=NN1c1ncccc1Cl. The van der Waals surface area contributed by atoms with Gasteiger partial charge < -0.3 is 9.50 Å². The third-order valence-electron chi connectivity index (χ3n) is 6.11. The third-order valence-corrected chi connectivity index (χ3v) is 8.60. The van der Waals surface area contributed by atoms with Crippen molar-refractivity contribution in [2.75, 3.05) is 15.5 Å². The van der Waals surface area contributed by atoms with E-state index >= 15 is 0 Å². The molecule has 1 aromatic carbocycles. The van der Waals surface area contributed by atoms with E-state index in [1.54, 1.807) is 18.2 Å². The average Bonchev–Trinajstić information content (AvgIpc) is 3.70. The Hall–Kier alpha value is -3.26. The van der Waals surface area contributed by atoms with E-state index in [4.69, 9.17) is 27.4 Å². The predicted octanol–water partition coefficient (Wildman–Crippen LogP) is 4.56. The lowest BCUT2D eigenvalue weighted by Gasteiger charge is -2.26. The quantitative estimate of drug-likeness (QED) is 0.273. The molecule has 1 aliphatic carbocycles. The topological polar surface area (TPSA) is 134 Å². The lowest BCUT2D eigenvalue weighted by molar-refractivity contribution is -0.118. The van der Waals surface area contributed by atoms with Crippen LogP contribution in [-0.4, -0.2) is 48.7 Å². The van der Waals surface area contributed by atoms with Crippen molar-refractivity contribution >= 4 is 78.7 Å². The minimum Gasteiger partial charge on any atom is -0.361 e. The number of hydrazone groups is 1. The van der Waals surface area contributed by atoms with Crippen molar-refractivity contribution in [2.45, 2.75) is 30.2 Å². The zero-order valence-electron chi connectivity index (χ0n) is 20.6. The largest absolute Gasteiger partial charge is 0.361 e. The molecule has 1 unspecified atom stereocenters. The summed E-state index contributed by atoms with van der Waals surface area (Å²) in [6, 6.07) is 9.33. The van der Waals surface area contributed by atoms with Crippen LogP contribution >= 0.6 is 39.3 Å². The number of rotatable bonds is 8. The third kappa shape index (κ3) is 6.22. The summed E-state index contributed by atoms with van der Waals surface area (Å²) >= 11 is 15.8. The smallest absolute Gasteiger partial charge is 0.341 e. The van der Waals surface area contributed by atoms with Gasteiger partial charge >= 0.3 is 10.1 Å². The van der Waals surface area contributed by atoms with Crippen LogP contribution in [0.2, 0.25) is 10.0 Å². The second-order valence-corrected chi connectivity index (χ2v) is 12.1. The number of amides is 2. The number of aromatic nitrogens is 2. The van der Waals surface area contributed by atoms with Crippen LogP contribution in [0.15, 0.2) is 71.1 Å². The van der Waals surface area contributed by atoms with Crippen LogP contribution in [0.4, 0.5) is 11.5 Å². The molecule has 0 spiro atoms. The van der Waals surface area contributed by atoms with Crippen LogP contribution in [0.5, 0.6) is 0 Å². The second-order valence-electron chi connectivity index (χ2n) is 9.03. The van der Waals surface area contributed by atoms with Crippen LogP contribution in [0.25, 0.3) is 0 Å². The summed E-state index contributed by atoms with van der Waals surface area (Å²) in [6.45, 7) is 0.523. The highest BCUT2D eigenvalue weighted by molar-refractivity contribution is 9.10. The van der Waals surface area contributed by atoms with Crippen molar-refractivity contribution in [3.8, 4) is 0 Å². The van der Waals surface area contributed by atoms with Gasteiger partial charge in [-0.1, -0.05) is 23.2 Å². The molecule has 11 nitrogen and oxygen atoms in total. The van der Waals surface area contributed by atoms with Gasteiger partial charge in [-0.15, -0.1) is 5.10 Å². The van der Waals surface area contributed by atoms with E-state index in [1.807, 2.05) is 0 Å². The van der Waals surface area contributed by atoms with E-state index in [0.29, 0.717) is 17.5 Å². The van der Waals surface area contributed by atoms with Crippen molar-refractivity contribution < 1.29 is 22.2 Å². The molecule has 1 aliphatic heterocycles. The van der Waals surface area contributed by atoms with Gasteiger partial charge in [0.1, 0.15) is 10.9 Å². The zero-order chi connectivity index (χ0) is 28.4. The standard InChI is InChI=1S/C25H21BrCl2N6O5S/c26-33(20-8-7-16(27)11-18(20)24(35)31-13-15-5-6-15)25(36)21-12-22(32-34(21)23-19(28)4-2-10-30-23)39-40(37,38)17-3-1-9-29-14-17/h1-4,7-11,14-15,21H,5-6,12-13H2,(H,31,35). The van der Waals surface area contributed by atoms with Crippen molar-refractivity contribution in [3.05, 3.63) is 76.7 Å². The Kier molecular flexibility index (Phi) is 8.26. The summed E-state index contributed by atoms with van der Waals surface area (Å²) < 4.78 is 32.1. The van der Waals surface area contributed by atoms with Gasteiger partial charge in [0.05, 0.1) is 38.8 Å². The first-order valence-electron chi connectivity index (χ1n) is 12.0. The van der Waals surface area contributed by atoms with Gasteiger partial charge in [-0.2, -0.15) is 8.42 Å². The van der Waals surface area contributed by atoms with Crippen molar-refractivity contribution in [2.24, 2.45) is 11.0 Å². The number of hydrogen-bond acceptors (Lipinski definition) is 9. The number of hydrogen-bond donors (Lipinski definition) is 1. The van der Waals surface area contributed by atoms with Crippen molar-refractivity contribution in [3.63, 3.8) is 0 Å². The molecule has 1 atom stereocenters. The fourth-order valence-electron chi connectivity index (χ4n) is 3.90. The Morgan fingerprint density at radius 1 is 1.15 bits per heavy atom. The molecule has 2 amide bonds. The minimum absolute atomic E-state index is 0.110. The van der Waals surface area contributed by atoms with E-state index in [-0.39, 0.29) is 45.2 Å². The molecule has 1 saturated carbocycles. The number of pyridine rings is 2. The van der Waals surface area contributed by atoms with E-state index in [9.17, 15) is 18.0 Å². The summed E-state index contributed by atoms with van der Waals surface area (Å²) in [4.78, 5) is 34.7. The van der Waals surface area contributed by atoms with Gasteiger partial charge in [0.25, 0.3) is 11.8 Å². The molecular formula is C25H21BrCl2N6O5S. The molecule has 1 N–H and O–H groups in total. The second kappa shape index (κ2) is 11.7. The van der Waals surface area contributed by atoms with E-state index in [2.05, 4.69) is 36.5 Å². The molecule has 5 rings (SSSR count). The summed E-state index contributed by atoms with van der Waals surface area (Å²) in [5.41, 5.74) is 0.405. The highest BCUT2D eigenvalue weighted by Crippen LogP contribution is 2.34. The van der Waals surface area contributed by atoms with Gasteiger partial charge in [-0.25, -0.2) is 13.9 Å². The van der Waals surface area contributed by atoms with Gasteiger partial charge in [0, 0.05) is 30.2 Å². The first kappa shape index (κ1) is 28.3. The molecule has 0 saturated heterocycles. The summed E-state index contributed by atoms with van der Waals surface area (Å²) in [5.74, 6) is -0.688. The van der Waals surface area contributed by atoms with Crippen LogP contribution in [0, 0.1) is 5.92 Å². The number of benzene rings is 1. The van der Waals surface area contributed by atoms with Crippen molar-refractivity contribution in [1.82, 2.24) is 15.3 Å². The lowest BCUT2D eigenvalue weighted by Crippen LogP contribution is -2.42. The maximum Gasteiger partial charge on any atom is 0.341 e. The highest BCUT2D eigenvalue weighted by Gasteiger charge is 2.41. The van der Waals surface area contributed by atoms with Gasteiger partial charge in [0.15, 0.2) is 5.82 Å². The molecule has 2 aromatic heterocycles. The number of anilines is 2. The molecule has 208 valence electrons. The number of nitrogens with one attached hydrogen (secondary N) is 1. The fourth-order valence-corrected chi connectivity index (χ4v) is 5.71. The zero-order valence-corrected chi connectivity index (χ0v) is 24.5. The molecule has 0 radical (unpaired) electrons. The van der Waals surface area contributed by atoms with Gasteiger partial charge in [-0.3, -0.25) is 14.6 Å². The maximum atomic E-state index is 13.9. The number of halogens is 3. The van der Waals surface area contributed by atoms with Crippen LogP contribution in [-0.2, 0) is 19.1 Å². The minimum atomic E-state index is -4.29. The number of carbonyl (C=O) groups is 2. The molecule has 40 heavy (non-hydrogen) atoms. The summed E-state index contributed by atoms with van der Waals surface area (Å²) in [5, 5.41) is 8.80. The van der Waals surface area contributed by atoms with Crippen molar-refractivity contribution in [1.29, 1.82) is 0 Å². The molecular weight excluding hydrogens is 647 g/mol. The van der Waals surface area contributed by atoms with E-state index < -0.39 is 22.1 Å². The predicted molar refractivity (Wildman–Crippen MR) is 153 cm³/mol. The van der Waals surface area contributed by atoms with Crippen LogP contribution in [0.3, 0.4) is 0 Å². The fraction of sp³-hybridized carbons (Fsp3) is 0.240. The molecule has 3 aromatic rings. The van der Waals surface area contributed by atoms with Gasteiger partial charge in [0.2, 0.25) is 5.90 Å². The molecule has 1 fully saturated rings. The Bertz CT molecular complexity index is 1590. The Morgan fingerprint density at radius 3 is 2.62 bits per heavy atom. The van der Waals surface area contributed by atoms with Crippen LogP contribution in [0.1, 0.15) is 29.6 Å². The molecule has 15 heteroatoms. The van der Waals surface area contributed by atoms with E-state index in [0.717, 1.165) is 23.0 Å². The number of carbonyl (C=O) groups excluding carboxylic acids is 2. The Labute approximate surface area is 248 Å². The summed E-state index contributed by atoms with van der Waals surface area (Å²) in [6.07, 6.45) is 5.88. The van der Waals surface area contributed by atoms with Crippen LogP contribution < -0.4 is 14.3 Å². The summed E-state index contributed by atoms with van der Waals surface area (Å²) in [7, 11) is -4.29. The first-order valence-corrected chi connectivity index (χ1v) is 14.9. The first-order chi connectivity index (χ1) is 19.1. The molecule has 3 heterocycles. The Balaban J connectivity index is 1.44. The monoisotopic (exact) mass is 666 g/mol. The normalized spacial score (nSPS) is 16.8. The van der Waals surface area contributed by atoms with E-state index in [1.165, 1.54) is 41.7 Å². The Morgan fingerprint density at radius 2 is 1.93 bits per heavy atom. The molecule has 0 bridgehead atoms. The highest BCUT2D eigenvalue weighted by atomic mass is 79.9. The van der Waals surface area contributed by atoms with Gasteiger partial charge in [-0.05, 0) is 61.2 Å². The maximum absolute atomic E-state index is 13.9. The molecule has 2 aliphatic rings. The lowest BCUT2D eigenvalue weighted by atomic mass is 10.1. The number of nitrogens with zero attached hydrogens (tertiary/aromatic N) is 5.